The first-order chi connectivity index (χ1) is 11.8. The lowest BCUT2D eigenvalue weighted by molar-refractivity contribution is -0.137. The van der Waals surface area contributed by atoms with Crippen LogP contribution in [0.25, 0.3) is 10.6 Å². The van der Waals surface area contributed by atoms with Gasteiger partial charge in [0.25, 0.3) is 5.91 Å². The quantitative estimate of drug-likeness (QED) is 0.905. The van der Waals surface area contributed by atoms with Gasteiger partial charge in [-0.05, 0) is 18.6 Å². The standard InChI is InChI=1S/C16H14F3N3O2S/c1-22-7-6-11(15(22)24)20-13(23)12-8-25-14(21-12)9-2-4-10(5-3-9)16(17,18)19/h2-5,8,11H,6-7H2,1H3,(H,20,23)/t11-/m1/s1. The van der Waals surface area contributed by atoms with Gasteiger partial charge in [-0.15, -0.1) is 11.3 Å². The Morgan fingerprint density at radius 1 is 1.32 bits per heavy atom. The highest BCUT2D eigenvalue weighted by molar-refractivity contribution is 7.13. The number of alkyl halides is 3. The number of nitrogens with one attached hydrogen (secondary N) is 1. The van der Waals surface area contributed by atoms with E-state index in [9.17, 15) is 22.8 Å². The van der Waals surface area contributed by atoms with Crippen LogP contribution in [0.15, 0.2) is 29.6 Å². The van der Waals surface area contributed by atoms with Crippen LogP contribution in [-0.4, -0.2) is 41.3 Å². The summed E-state index contributed by atoms with van der Waals surface area (Å²) in [6.45, 7) is 0.581. The molecule has 3 rings (SSSR count). The minimum Gasteiger partial charge on any atom is -0.344 e. The number of carbonyl (C=O) groups excluding carboxylic acids is 2. The predicted octanol–water partition coefficient (Wildman–Crippen LogP) is 2.79. The van der Waals surface area contributed by atoms with Crippen LogP contribution in [0.3, 0.4) is 0 Å². The number of hydrogen-bond donors (Lipinski definition) is 1. The Bertz CT molecular complexity index is 802. The summed E-state index contributed by atoms with van der Waals surface area (Å²) in [7, 11) is 1.67. The average Bonchev–Trinajstić information content (AvgIpc) is 3.17. The molecule has 2 aromatic rings. The van der Waals surface area contributed by atoms with Gasteiger partial charge < -0.3 is 10.2 Å². The number of likely N-dealkylation sites (tertiary alicyclic amines) is 1. The number of aromatic nitrogens is 1. The maximum absolute atomic E-state index is 12.6. The summed E-state index contributed by atoms with van der Waals surface area (Å²) in [5.41, 5.74) is -0.106. The van der Waals surface area contributed by atoms with Crippen LogP contribution in [-0.2, 0) is 11.0 Å². The lowest BCUT2D eigenvalue weighted by Gasteiger charge is -2.11. The molecular formula is C16H14F3N3O2S. The van der Waals surface area contributed by atoms with E-state index in [1.807, 2.05) is 0 Å². The van der Waals surface area contributed by atoms with Gasteiger partial charge in [-0.25, -0.2) is 4.98 Å². The van der Waals surface area contributed by atoms with E-state index in [0.717, 1.165) is 23.5 Å². The zero-order chi connectivity index (χ0) is 18.2. The first-order valence-corrected chi connectivity index (χ1v) is 8.32. The van der Waals surface area contributed by atoms with Gasteiger partial charge in [0.05, 0.1) is 5.56 Å². The van der Waals surface area contributed by atoms with Crippen LogP contribution >= 0.6 is 11.3 Å². The molecule has 0 unspecified atom stereocenters. The minimum absolute atomic E-state index is 0.141. The second-order valence-electron chi connectivity index (χ2n) is 5.69. The largest absolute Gasteiger partial charge is 0.416 e. The Morgan fingerprint density at radius 2 is 2.00 bits per heavy atom. The monoisotopic (exact) mass is 369 g/mol. The van der Waals surface area contributed by atoms with E-state index in [2.05, 4.69) is 10.3 Å². The number of likely N-dealkylation sites (N-methyl/N-ethyl adjacent to an activating group) is 1. The molecule has 0 bridgehead atoms. The number of amides is 2. The highest BCUT2D eigenvalue weighted by atomic mass is 32.1. The van der Waals surface area contributed by atoms with E-state index >= 15 is 0 Å². The van der Waals surface area contributed by atoms with Crippen LogP contribution in [0, 0.1) is 0 Å². The Labute approximate surface area is 145 Å². The van der Waals surface area contributed by atoms with Gasteiger partial charge in [-0.3, -0.25) is 9.59 Å². The number of carbonyl (C=O) groups is 2. The lowest BCUT2D eigenvalue weighted by Crippen LogP contribution is -2.40. The van der Waals surface area contributed by atoms with Gasteiger partial charge in [0, 0.05) is 24.5 Å². The molecule has 0 aliphatic carbocycles. The molecule has 1 aliphatic rings. The van der Waals surface area contributed by atoms with Gasteiger partial charge >= 0.3 is 6.18 Å². The van der Waals surface area contributed by atoms with Crippen LogP contribution in [0.1, 0.15) is 22.5 Å². The first-order valence-electron chi connectivity index (χ1n) is 7.44. The number of benzene rings is 1. The van der Waals surface area contributed by atoms with Crippen molar-refractivity contribution in [3.63, 3.8) is 0 Å². The molecule has 1 atom stereocenters. The molecule has 1 saturated heterocycles. The minimum atomic E-state index is -4.40. The first kappa shape index (κ1) is 17.4. The highest BCUT2D eigenvalue weighted by Gasteiger charge is 2.31. The third-order valence-electron chi connectivity index (χ3n) is 3.93. The van der Waals surface area contributed by atoms with Crippen molar-refractivity contribution in [2.24, 2.45) is 0 Å². The predicted molar refractivity (Wildman–Crippen MR) is 86.1 cm³/mol. The third kappa shape index (κ3) is 3.65. The number of halogens is 3. The summed E-state index contributed by atoms with van der Waals surface area (Å²) >= 11 is 1.16. The van der Waals surface area contributed by atoms with Crippen LogP contribution in [0.2, 0.25) is 0 Å². The van der Waals surface area contributed by atoms with Gasteiger partial charge in [0.1, 0.15) is 16.7 Å². The highest BCUT2D eigenvalue weighted by Crippen LogP contribution is 2.31. The fourth-order valence-corrected chi connectivity index (χ4v) is 3.31. The van der Waals surface area contributed by atoms with Gasteiger partial charge in [-0.2, -0.15) is 13.2 Å². The van der Waals surface area contributed by atoms with Crippen molar-refractivity contribution in [3.05, 3.63) is 40.9 Å². The van der Waals surface area contributed by atoms with Crippen LogP contribution in [0.4, 0.5) is 13.2 Å². The molecule has 25 heavy (non-hydrogen) atoms. The van der Waals surface area contributed by atoms with Crippen molar-refractivity contribution in [3.8, 4) is 10.6 Å². The molecule has 132 valence electrons. The molecule has 1 aliphatic heterocycles. The van der Waals surface area contributed by atoms with Gasteiger partial charge in [-0.1, -0.05) is 12.1 Å². The fourth-order valence-electron chi connectivity index (χ4n) is 2.50. The van der Waals surface area contributed by atoms with Crippen molar-refractivity contribution < 1.29 is 22.8 Å². The van der Waals surface area contributed by atoms with E-state index in [1.54, 1.807) is 11.9 Å². The number of nitrogens with zero attached hydrogens (tertiary/aromatic N) is 2. The summed E-state index contributed by atoms with van der Waals surface area (Å²) in [5.74, 6) is -0.616. The number of thiazole rings is 1. The summed E-state index contributed by atoms with van der Waals surface area (Å²) < 4.78 is 37.8. The average molecular weight is 369 g/mol. The molecule has 0 spiro atoms. The molecule has 1 aromatic heterocycles. The molecule has 5 nitrogen and oxygen atoms in total. The smallest absolute Gasteiger partial charge is 0.344 e. The van der Waals surface area contributed by atoms with E-state index in [-0.39, 0.29) is 11.6 Å². The Balaban J connectivity index is 1.72. The van der Waals surface area contributed by atoms with Crippen molar-refractivity contribution in [1.29, 1.82) is 0 Å². The fraction of sp³-hybridized carbons (Fsp3) is 0.312. The van der Waals surface area contributed by atoms with E-state index in [4.69, 9.17) is 0 Å². The summed E-state index contributed by atoms with van der Waals surface area (Å²) in [4.78, 5) is 29.7. The van der Waals surface area contributed by atoms with Gasteiger partial charge in [0.15, 0.2) is 0 Å². The zero-order valence-corrected chi connectivity index (χ0v) is 13.9. The van der Waals surface area contributed by atoms with Crippen molar-refractivity contribution in [2.75, 3.05) is 13.6 Å². The number of hydrogen-bond acceptors (Lipinski definition) is 4. The Kier molecular flexibility index (Phi) is 4.51. The second kappa shape index (κ2) is 6.47. The summed E-state index contributed by atoms with van der Waals surface area (Å²) in [5, 5.41) is 4.59. The lowest BCUT2D eigenvalue weighted by atomic mass is 10.1. The number of rotatable bonds is 3. The van der Waals surface area contributed by atoms with Crippen molar-refractivity contribution in [2.45, 2.75) is 18.6 Å². The van der Waals surface area contributed by atoms with E-state index < -0.39 is 23.7 Å². The normalized spacial score (nSPS) is 17.8. The zero-order valence-electron chi connectivity index (χ0n) is 13.1. The van der Waals surface area contributed by atoms with Crippen molar-refractivity contribution >= 4 is 23.2 Å². The molecule has 2 heterocycles. The SMILES string of the molecule is CN1CC[C@@H](NC(=O)c2csc(-c3ccc(C(F)(F)F)cc3)n2)C1=O. The summed E-state index contributed by atoms with van der Waals surface area (Å²) in [6.07, 6.45) is -3.86. The molecule has 1 fully saturated rings. The Hall–Kier alpha value is -2.42. The topological polar surface area (TPSA) is 62.3 Å². The molecule has 0 saturated carbocycles. The van der Waals surface area contributed by atoms with Gasteiger partial charge in [0.2, 0.25) is 5.91 Å². The molecule has 2 amide bonds. The molecule has 0 radical (unpaired) electrons. The molecule has 9 heteroatoms. The maximum atomic E-state index is 12.6. The molecular weight excluding hydrogens is 355 g/mol. The van der Waals surface area contributed by atoms with Crippen LogP contribution in [0.5, 0.6) is 0 Å². The molecule has 1 aromatic carbocycles. The van der Waals surface area contributed by atoms with Crippen molar-refractivity contribution in [1.82, 2.24) is 15.2 Å². The second-order valence-corrected chi connectivity index (χ2v) is 6.55. The van der Waals surface area contributed by atoms with Crippen LogP contribution < -0.4 is 5.32 Å². The maximum Gasteiger partial charge on any atom is 0.416 e. The molecule has 1 N–H and O–H groups in total. The third-order valence-corrected chi connectivity index (χ3v) is 4.82. The van der Waals surface area contributed by atoms with E-state index in [1.165, 1.54) is 17.5 Å². The summed E-state index contributed by atoms with van der Waals surface area (Å²) in [6, 6.07) is 4.03. The Morgan fingerprint density at radius 3 is 2.56 bits per heavy atom. The van der Waals surface area contributed by atoms with E-state index in [0.29, 0.717) is 23.5 Å².